The lowest BCUT2D eigenvalue weighted by Crippen LogP contribution is -2.33. The molecule has 1 amide bonds. The maximum Gasteiger partial charge on any atom is 0.405 e. The Morgan fingerprint density at radius 2 is 1.96 bits per heavy atom. The number of aromatic nitrogens is 2. The van der Waals surface area contributed by atoms with Gasteiger partial charge in [0.1, 0.15) is 24.5 Å². The minimum Gasteiger partial charge on any atom is -0.487 e. The molecule has 3 aromatic rings. The molecule has 0 bridgehead atoms. The Balaban J connectivity index is 1.60. The lowest BCUT2D eigenvalue weighted by atomic mass is 10.2. The van der Waals surface area contributed by atoms with Crippen LogP contribution < -0.4 is 10.1 Å². The molecule has 1 aromatic carbocycles. The number of alkyl halides is 3. The van der Waals surface area contributed by atoms with Crippen molar-refractivity contribution in [2.45, 2.75) is 19.7 Å². The van der Waals surface area contributed by atoms with Crippen LogP contribution >= 0.6 is 0 Å². The number of halogens is 3. The molecule has 0 aliphatic rings. The summed E-state index contributed by atoms with van der Waals surface area (Å²) in [6.45, 7) is 0.841. The van der Waals surface area contributed by atoms with Crippen LogP contribution in [0.1, 0.15) is 21.6 Å². The molecule has 2 aromatic heterocycles. The summed E-state index contributed by atoms with van der Waals surface area (Å²) in [7, 11) is 0. The van der Waals surface area contributed by atoms with E-state index in [1.807, 2.05) is 41.2 Å². The van der Waals surface area contributed by atoms with E-state index in [4.69, 9.17) is 4.74 Å². The molecule has 136 valence electrons. The predicted molar refractivity (Wildman–Crippen MR) is 89.1 cm³/mol. The van der Waals surface area contributed by atoms with Gasteiger partial charge in [0, 0.05) is 18.0 Å². The second-order valence-corrected chi connectivity index (χ2v) is 5.77. The van der Waals surface area contributed by atoms with E-state index < -0.39 is 18.6 Å². The van der Waals surface area contributed by atoms with Crippen molar-refractivity contribution in [1.29, 1.82) is 0 Å². The number of carbonyl (C=O) groups is 1. The van der Waals surface area contributed by atoms with Gasteiger partial charge in [-0.15, -0.1) is 0 Å². The molecular formula is C18H16F3N3O2. The SMILES string of the molecule is Cc1cccn2cc(COc3ccc(C(=O)NCC(F)(F)F)cc3)nc12. The average Bonchev–Trinajstić information content (AvgIpc) is 3.02. The van der Waals surface area contributed by atoms with Crippen molar-refractivity contribution in [2.24, 2.45) is 0 Å². The molecule has 2 heterocycles. The molecule has 0 spiro atoms. The predicted octanol–water partition coefficient (Wildman–Crippen LogP) is 3.51. The van der Waals surface area contributed by atoms with Crippen molar-refractivity contribution in [1.82, 2.24) is 14.7 Å². The Morgan fingerprint density at radius 3 is 2.62 bits per heavy atom. The Bertz CT molecular complexity index is 918. The molecule has 0 radical (unpaired) electrons. The van der Waals surface area contributed by atoms with Crippen molar-refractivity contribution < 1.29 is 22.7 Å². The van der Waals surface area contributed by atoms with Gasteiger partial charge < -0.3 is 14.5 Å². The number of nitrogens with zero attached hydrogens (tertiary/aromatic N) is 2. The van der Waals surface area contributed by atoms with Crippen LogP contribution in [0.25, 0.3) is 5.65 Å². The topological polar surface area (TPSA) is 55.6 Å². The van der Waals surface area contributed by atoms with E-state index in [9.17, 15) is 18.0 Å². The summed E-state index contributed by atoms with van der Waals surface area (Å²) >= 11 is 0. The smallest absolute Gasteiger partial charge is 0.405 e. The number of fused-ring (bicyclic) bond motifs is 1. The second-order valence-electron chi connectivity index (χ2n) is 5.77. The fourth-order valence-corrected chi connectivity index (χ4v) is 2.42. The summed E-state index contributed by atoms with van der Waals surface area (Å²) in [5.41, 5.74) is 2.77. The van der Waals surface area contributed by atoms with E-state index in [0.29, 0.717) is 5.75 Å². The number of nitrogens with one attached hydrogen (secondary N) is 1. The first-order chi connectivity index (χ1) is 12.3. The standard InChI is InChI=1S/C18H16F3N3O2/c1-12-3-2-8-24-9-14(23-16(12)24)10-26-15-6-4-13(5-7-15)17(25)22-11-18(19,20)21/h2-9H,10-11H2,1H3,(H,22,25). The van der Waals surface area contributed by atoms with Gasteiger partial charge in [-0.2, -0.15) is 13.2 Å². The first-order valence-electron chi connectivity index (χ1n) is 7.83. The first-order valence-corrected chi connectivity index (χ1v) is 7.83. The van der Waals surface area contributed by atoms with Crippen LogP contribution in [0.3, 0.4) is 0 Å². The fraction of sp³-hybridized carbons (Fsp3) is 0.222. The van der Waals surface area contributed by atoms with Crippen molar-refractivity contribution in [3.63, 3.8) is 0 Å². The van der Waals surface area contributed by atoms with Gasteiger partial charge in [-0.3, -0.25) is 4.79 Å². The zero-order valence-corrected chi connectivity index (χ0v) is 13.9. The van der Waals surface area contributed by atoms with Gasteiger partial charge in [-0.05, 0) is 42.8 Å². The molecular weight excluding hydrogens is 347 g/mol. The number of amides is 1. The lowest BCUT2D eigenvalue weighted by Gasteiger charge is -2.09. The number of carbonyl (C=O) groups excluding carboxylic acids is 1. The van der Waals surface area contributed by atoms with E-state index in [1.165, 1.54) is 24.3 Å². The van der Waals surface area contributed by atoms with E-state index in [-0.39, 0.29) is 12.2 Å². The summed E-state index contributed by atoms with van der Waals surface area (Å²) in [4.78, 5) is 16.1. The van der Waals surface area contributed by atoms with Crippen LogP contribution in [0.5, 0.6) is 5.75 Å². The molecule has 0 saturated carbocycles. The first kappa shape index (κ1) is 17.8. The summed E-state index contributed by atoms with van der Waals surface area (Å²) < 4.78 is 43.9. The van der Waals surface area contributed by atoms with Crippen molar-refractivity contribution in [2.75, 3.05) is 6.54 Å². The third kappa shape index (κ3) is 4.33. The zero-order chi connectivity index (χ0) is 18.7. The van der Waals surface area contributed by atoms with Crippen LogP contribution in [0.4, 0.5) is 13.2 Å². The highest BCUT2D eigenvalue weighted by Gasteiger charge is 2.27. The van der Waals surface area contributed by atoms with Crippen LogP contribution in [0.15, 0.2) is 48.8 Å². The van der Waals surface area contributed by atoms with Gasteiger partial charge >= 0.3 is 6.18 Å². The van der Waals surface area contributed by atoms with Gasteiger partial charge in [-0.25, -0.2) is 4.98 Å². The number of rotatable bonds is 5. The third-order valence-corrected chi connectivity index (χ3v) is 3.68. The molecule has 5 nitrogen and oxygen atoms in total. The Morgan fingerprint density at radius 1 is 1.23 bits per heavy atom. The number of aryl methyl sites for hydroxylation is 1. The number of imidazole rings is 1. The van der Waals surface area contributed by atoms with Crippen molar-refractivity contribution >= 4 is 11.6 Å². The highest BCUT2D eigenvalue weighted by molar-refractivity contribution is 5.94. The minimum absolute atomic E-state index is 0.130. The largest absolute Gasteiger partial charge is 0.487 e. The highest BCUT2D eigenvalue weighted by atomic mass is 19.4. The van der Waals surface area contributed by atoms with Crippen molar-refractivity contribution in [3.8, 4) is 5.75 Å². The zero-order valence-electron chi connectivity index (χ0n) is 13.9. The lowest BCUT2D eigenvalue weighted by molar-refractivity contribution is -0.123. The van der Waals surface area contributed by atoms with E-state index in [1.54, 1.807) is 0 Å². The van der Waals surface area contributed by atoms with Gasteiger partial charge in [0.15, 0.2) is 0 Å². The maximum absolute atomic E-state index is 12.1. The molecule has 0 fully saturated rings. The van der Waals surface area contributed by atoms with Crippen LogP contribution in [0, 0.1) is 6.92 Å². The molecule has 3 rings (SSSR count). The summed E-state index contributed by atoms with van der Waals surface area (Å²) in [6.07, 6.45) is -0.681. The summed E-state index contributed by atoms with van der Waals surface area (Å²) in [5.74, 6) is -0.296. The Kier molecular flexibility index (Phi) is 4.83. The normalized spacial score (nSPS) is 11.5. The number of pyridine rings is 1. The minimum atomic E-state index is -4.44. The molecule has 0 saturated heterocycles. The van der Waals surface area contributed by atoms with E-state index >= 15 is 0 Å². The molecule has 0 unspecified atom stereocenters. The maximum atomic E-state index is 12.1. The molecule has 0 aliphatic carbocycles. The van der Waals surface area contributed by atoms with E-state index in [2.05, 4.69) is 4.98 Å². The van der Waals surface area contributed by atoms with Gasteiger partial charge in [-0.1, -0.05) is 6.07 Å². The molecule has 8 heteroatoms. The highest BCUT2D eigenvalue weighted by Crippen LogP contribution is 2.16. The van der Waals surface area contributed by atoms with Crippen LogP contribution in [-0.4, -0.2) is 28.0 Å². The summed E-state index contributed by atoms with van der Waals surface area (Å²) in [6, 6.07) is 9.78. The number of hydrogen-bond acceptors (Lipinski definition) is 3. The van der Waals surface area contributed by atoms with Crippen LogP contribution in [-0.2, 0) is 6.61 Å². The second kappa shape index (κ2) is 7.07. The fourth-order valence-electron chi connectivity index (χ4n) is 2.42. The van der Waals surface area contributed by atoms with Crippen LogP contribution in [0.2, 0.25) is 0 Å². The molecule has 1 N–H and O–H groups in total. The Hall–Kier alpha value is -3.03. The van der Waals surface area contributed by atoms with Gasteiger partial charge in [0.05, 0.1) is 5.69 Å². The molecule has 0 aliphatic heterocycles. The quantitative estimate of drug-likeness (QED) is 0.755. The van der Waals surface area contributed by atoms with Crippen molar-refractivity contribution in [3.05, 3.63) is 65.6 Å². The number of hydrogen-bond donors (Lipinski definition) is 1. The monoisotopic (exact) mass is 363 g/mol. The third-order valence-electron chi connectivity index (χ3n) is 3.68. The number of benzene rings is 1. The van der Waals surface area contributed by atoms with E-state index in [0.717, 1.165) is 16.9 Å². The molecule has 26 heavy (non-hydrogen) atoms. The summed E-state index contributed by atoms with van der Waals surface area (Å²) in [5, 5.41) is 1.82. The Labute approximate surface area is 147 Å². The average molecular weight is 363 g/mol. The van der Waals surface area contributed by atoms with Gasteiger partial charge in [0.25, 0.3) is 5.91 Å². The number of ether oxygens (including phenoxy) is 1. The van der Waals surface area contributed by atoms with Gasteiger partial charge in [0.2, 0.25) is 0 Å². The molecule has 0 atom stereocenters.